The van der Waals surface area contributed by atoms with Gasteiger partial charge in [0.2, 0.25) is 0 Å². The third-order valence-electron chi connectivity index (χ3n) is 2.27. The van der Waals surface area contributed by atoms with E-state index in [2.05, 4.69) is 10.2 Å². The van der Waals surface area contributed by atoms with Crippen LogP contribution in [0.3, 0.4) is 0 Å². The van der Waals surface area contributed by atoms with E-state index in [1.807, 2.05) is 7.05 Å². The Labute approximate surface area is 98.7 Å². The third kappa shape index (κ3) is 10.3. The van der Waals surface area contributed by atoms with E-state index < -0.39 is 0 Å². The number of aliphatic hydroxyl groups is 1. The molecule has 0 aromatic rings. The summed E-state index contributed by atoms with van der Waals surface area (Å²) in [4.78, 5) is 2.11. The van der Waals surface area contributed by atoms with Crippen molar-refractivity contribution in [2.75, 3.05) is 60.7 Å². The molecule has 0 amide bonds. The summed E-state index contributed by atoms with van der Waals surface area (Å²) >= 11 is 0. The quantitative estimate of drug-likeness (QED) is 0.474. The van der Waals surface area contributed by atoms with Gasteiger partial charge in [-0.1, -0.05) is 0 Å². The molecule has 0 bridgehead atoms. The van der Waals surface area contributed by atoms with Crippen LogP contribution in [0, 0.1) is 0 Å². The van der Waals surface area contributed by atoms with Gasteiger partial charge in [0.15, 0.2) is 0 Å². The largest absolute Gasteiger partial charge is 0.390 e. The van der Waals surface area contributed by atoms with Gasteiger partial charge >= 0.3 is 0 Å². The van der Waals surface area contributed by atoms with Crippen LogP contribution in [0.5, 0.6) is 0 Å². The van der Waals surface area contributed by atoms with E-state index in [-0.39, 0.29) is 6.10 Å². The van der Waals surface area contributed by atoms with Crippen LogP contribution in [-0.2, 0) is 9.47 Å². The second-order valence-electron chi connectivity index (χ2n) is 3.96. The number of hydrogen-bond donors (Lipinski definition) is 2. The van der Waals surface area contributed by atoms with Crippen LogP contribution in [-0.4, -0.2) is 76.8 Å². The Morgan fingerprint density at radius 2 is 1.94 bits per heavy atom. The molecular formula is C11H26N2O3. The average Bonchev–Trinajstić information content (AvgIpc) is 2.25. The Morgan fingerprint density at radius 3 is 2.56 bits per heavy atom. The fourth-order valence-corrected chi connectivity index (χ4v) is 1.44. The highest BCUT2D eigenvalue weighted by Gasteiger charge is 2.07. The van der Waals surface area contributed by atoms with Crippen molar-refractivity contribution in [3.05, 3.63) is 0 Å². The van der Waals surface area contributed by atoms with Crippen molar-refractivity contribution in [3.8, 4) is 0 Å². The topological polar surface area (TPSA) is 54.0 Å². The molecule has 0 radical (unpaired) electrons. The summed E-state index contributed by atoms with van der Waals surface area (Å²) in [6.45, 7) is 4.47. The minimum atomic E-state index is -0.329. The molecule has 0 fully saturated rings. The highest BCUT2D eigenvalue weighted by Crippen LogP contribution is 1.91. The van der Waals surface area contributed by atoms with Crippen molar-refractivity contribution >= 4 is 0 Å². The maximum Gasteiger partial charge on any atom is 0.0791 e. The smallest absolute Gasteiger partial charge is 0.0791 e. The lowest BCUT2D eigenvalue weighted by Crippen LogP contribution is -2.38. The van der Waals surface area contributed by atoms with E-state index in [9.17, 15) is 5.11 Å². The number of aliphatic hydroxyl groups excluding tert-OH is 1. The average molecular weight is 234 g/mol. The van der Waals surface area contributed by atoms with Crippen molar-refractivity contribution in [2.24, 2.45) is 0 Å². The molecule has 5 heteroatoms. The molecule has 0 aliphatic heterocycles. The zero-order valence-electron chi connectivity index (χ0n) is 10.7. The number of hydrogen-bond acceptors (Lipinski definition) is 5. The van der Waals surface area contributed by atoms with E-state index in [1.165, 1.54) is 0 Å². The normalized spacial score (nSPS) is 13.3. The van der Waals surface area contributed by atoms with Crippen molar-refractivity contribution < 1.29 is 14.6 Å². The molecule has 5 nitrogen and oxygen atoms in total. The van der Waals surface area contributed by atoms with Crippen LogP contribution >= 0.6 is 0 Å². The molecule has 0 aliphatic carbocycles. The molecule has 16 heavy (non-hydrogen) atoms. The van der Waals surface area contributed by atoms with Gasteiger partial charge in [0, 0.05) is 47.0 Å². The second-order valence-corrected chi connectivity index (χ2v) is 3.96. The first-order chi connectivity index (χ1) is 7.70. The first-order valence-corrected chi connectivity index (χ1v) is 5.76. The number of nitrogens with one attached hydrogen (secondary N) is 1. The molecule has 0 heterocycles. The van der Waals surface area contributed by atoms with E-state index in [0.717, 1.165) is 26.1 Å². The molecule has 1 atom stereocenters. The molecular weight excluding hydrogens is 208 g/mol. The van der Waals surface area contributed by atoms with Gasteiger partial charge in [-0.3, -0.25) is 0 Å². The number of likely N-dealkylation sites (N-methyl/N-ethyl adjacent to an activating group) is 1. The van der Waals surface area contributed by atoms with Gasteiger partial charge in [-0.2, -0.15) is 0 Å². The first kappa shape index (κ1) is 15.8. The maximum atomic E-state index is 9.70. The van der Waals surface area contributed by atoms with Gasteiger partial charge in [0.05, 0.1) is 12.7 Å². The number of ether oxygens (including phenoxy) is 2. The van der Waals surface area contributed by atoms with Crippen LogP contribution in [0.1, 0.15) is 6.42 Å². The Balaban J connectivity index is 3.35. The summed E-state index contributed by atoms with van der Waals surface area (Å²) in [5, 5.41) is 12.8. The van der Waals surface area contributed by atoms with Gasteiger partial charge in [0.25, 0.3) is 0 Å². The van der Waals surface area contributed by atoms with Crippen molar-refractivity contribution in [1.29, 1.82) is 0 Å². The fourth-order valence-electron chi connectivity index (χ4n) is 1.44. The molecule has 0 aromatic carbocycles. The predicted molar refractivity (Wildman–Crippen MR) is 64.7 cm³/mol. The van der Waals surface area contributed by atoms with Crippen molar-refractivity contribution in [1.82, 2.24) is 10.2 Å². The zero-order valence-corrected chi connectivity index (χ0v) is 10.7. The molecule has 0 saturated heterocycles. The van der Waals surface area contributed by atoms with Gasteiger partial charge in [-0.05, 0) is 13.5 Å². The monoisotopic (exact) mass is 234 g/mol. The van der Waals surface area contributed by atoms with Crippen LogP contribution in [0.2, 0.25) is 0 Å². The molecule has 2 N–H and O–H groups in total. The van der Waals surface area contributed by atoms with Crippen LogP contribution in [0.4, 0.5) is 0 Å². The Kier molecular flexibility index (Phi) is 11.1. The summed E-state index contributed by atoms with van der Waals surface area (Å²) in [6.07, 6.45) is 0.668. The summed E-state index contributed by atoms with van der Waals surface area (Å²) in [5.74, 6) is 0. The standard InChI is InChI=1S/C11H26N2O3/c1-13(6-4-7-15-2)10-11(14)9-12-5-8-16-3/h11-12,14H,4-10H2,1-3H3. The predicted octanol–water partition coefficient (Wildman–Crippen LogP) is -0.448. The third-order valence-corrected chi connectivity index (χ3v) is 2.27. The number of methoxy groups -OCH3 is 2. The highest BCUT2D eigenvalue weighted by atomic mass is 16.5. The Morgan fingerprint density at radius 1 is 1.25 bits per heavy atom. The van der Waals surface area contributed by atoms with Crippen molar-refractivity contribution in [2.45, 2.75) is 12.5 Å². The van der Waals surface area contributed by atoms with E-state index in [0.29, 0.717) is 19.7 Å². The first-order valence-electron chi connectivity index (χ1n) is 5.76. The van der Waals surface area contributed by atoms with Gasteiger partial charge in [0.1, 0.15) is 0 Å². The maximum absolute atomic E-state index is 9.70. The van der Waals surface area contributed by atoms with Crippen LogP contribution in [0.15, 0.2) is 0 Å². The summed E-state index contributed by atoms with van der Waals surface area (Å²) in [6, 6.07) is 0. The van der Waals surface area contributed by atoms with E-state index in [4.69, 9.17) is 9.47 Å². The van der Waals surface area contributed by atoms with E-state index in [1.54, 1.807) is 14.2 Å². The number of nitrogens with zero attached hydrogens (tertiary/aromatic N) is 1. The SMILES string of the molecule is COCCCN(C)CC(O)CNCCOC. The molecule has 1 unspecified atom stereocenters. The summed E-state index contributed by atoms with van der Waals surface area (Å²) in [7, 11) is 5.38. The van der Waals surface area contributed by atoms with Crippen LogP contribution in [0.25, 0.3) is 0 Å². The lowest BCUT2D eigenvalue weighted by atomic mass is 10.3. The van der Waals surface area contributed by atoms with E-state index >= 15 is 0 Å². The molecule has 0 saturated carbocycles. The van der Waals surface area contributed by atoms with Crippen molar-refractivity contribution in [3.63, 3.8) is 0 Å². The Hall–Kier alpha value is -0.200. The summed E-state index contributed by atoms with van der Waals surface area (Å²) in [5.41, 5.74) is 0. The molecule has 98 valence electrons. The molecule has 0 aromatic heterocycles. The van der Waals surface area contributed by atoms with Gasteiger partial charge in [-0.25, -0.2) is 0 Å². The fraction of sp³-hybridized carbons (Fsp3) is 1.00. The summed E-state index contributed by atoms with van der Waals surface area (Å²) < 4.78 is 9.88. The minimum absolute atomic E-state index is 0.329. The van der Waals surface area contributed by atoms with Crippen LogP contribution < -0.4 is 5.32 Å². The van der Waals surface area contributed by atoms with Gasteiger partial charge in [-0.15, -0.1) is 0 Å². The highest BCUT2D eigenvalue weighted by molar-refractivity contribution is 4.64. The molecule has 0 rings (SSSR count). The minimum Gasteiger partial charge on any atom is -0.390 e. The lowest BCUT2D eigenvalue weighted by Gasteiger charge is -2.20. The Bertz CT molecular complexity index is 147. The molecule has 0 aliphatic rings. The van der Waals surface area contributed by atoms with Gasteiger partial charge < -0.3 is 24.8 Å². The second kappa shape index (κ2) is 11.3. The number of rotatable bonds is 11. The molecule has 0 spiro atoms. The zero-order chi connectivity index (χ0) is 12.2. The lowest BCUT2D eigenvalue weighted by molar-refractivity contribution is 0.112.